The molecular weight excluding hydrogens is 382 g/mol. The summed E-state index contributed by atoms with van der Waals surface area (Å²) in [5, 5.41) is 25.3. The zero-order valence-corrected chi connectivity index (χ0v) is 15.9. The SMILES string of the molecule is COc1cccc(NC(=O)[C@@H](C)OC(=O)c2cc([N+](=O)[O-])ccc2NCCO)c1. The van der Waals surface area contributed by atoms with E-state index in [4.69, 9.17) is 14.6 Å². The highest BCUT2D eigenvalue weighted by Crippen LogP contribution is 2.24. The number of hydrogen-bond donors (Lipinski definition) is 3. The summed E-state index contributed by atoms with van der Waals surface area (Å²) in [5.41, 5.74) is 0.279. The van der Waals surface area contributed by atoms with Crippen LogP contribution < -0.4 is 15.4 Å². The fourth-order valence-corrected chi connectivity index (χ4v) is 2.38. The third-order valence-corrected chi connectivity index (χ3v) is 3.85. The maximum atomic E-state index is 12.5. The Morgan fingerprint density at radius 1 is 1.24 bits per heavy atom. The Morgan fingerprint density at radius 3 is 2.66 bits per heavy atom. The number of methoxy groups -OCH3 is 1. The molecule has 0 aliphatic carbocycles. The number of nitro benzene ring substituents is 1. The first-order valence-corrected chi connectivity index (χ1v) is 8.64. The topological polar surface area (TPSA) is 140 Å². The standard InChI is InChI=1S/C19H21N3O7/c1-12(18(24)21-13-4-3-5-15(10-13)28-2)29-19(25)16-11-14(22(26)27)6-7-17(16)20-8-9-23/h3-7,10-12,20,23H,8-9H2,1-2H3,(H,21,24)/t12-/m1/s1. The van der Waals surface area contributed by atoms with Gasteiger partial charge in [0.05, 0.1) is 24.2 Å². The lowest BCUT2D eigenvalue weighted by molar-refractivity contribution is -0.384. The highest BCUT2D eigenvalue weighted by Gasteiger charge is 2.23. The van der Waals surface area contributed by atoms with Crippen molar-refractivity contribution in [2.45, 2.75) is 13.0 Å². The summed E-state index contributed by atoms with van der Waals surface area (Å²) in [7, 11) is 1.49. The predicted molar refractivity (Wildman–Crippen MR) is 105 cm³/mol. The minimum absolute atomic E-state index is 0.117. The molecule has 0 aliphatic heterocycles. The largest absolute Gasteiger partial charge is 0.497 e. The molecule has 0 spiro atoms. The Kier molecular flexibility index (Phi) is 7.49. The van der Waals surface area contributed by atoms with Gasteiger partial charge in [0.15, 0.2) is 6.10 Å². The number of anilines is 2. The van der Waals surface area contributed by atoms with Crippen molar-refractivity contribution in [1.29, 1.82) is 0 Å². The quantitative estimate of drug-likeness (QED) is 0.329. The van der Waals surface area contributed by atoms with Gasteiger partial charge in [0, 0.05) is 36.1 Å². The van der Waals surface area contributed by atoms with Crippen LogP contribution in [0.1, 0.15) is 17.3 Å². The van der Waals surface area contributed by atoms with E-state index in [-0.39, 0.29) is 30.1 Å². The van der Waals surface area contributed by atoms with Gasteiger partial charge in [0.25, 0.3) is 11.6 Å². The van der Waals surface area contributed by atoms with Crippen molar-refractivity contribution in [3.63, 3.8) is 0 Å². The predicted octanol–water partition coefficient (Wildman–Crippen LogP) is 2.19. The van der Waals surface area contributed by atoms with Crippen molar-refractivity contribution in [2.75, 3.05) is 30.9 Å². The molecule has 0 unspecified atom stereocenters. The number of ether oxygens (including phenoxy) is 2. The number of carbonyl (C=O) groups is 2. The Morgan fingerprint density at radius 2 is 2.00 bits per heavy atom. The molecule has 0 bridgehead atoms. The molecule has 0 heterocycles. The number of aliphatic hydroxyl groups is 1. The summed E-state index contributed by atoms with van der Waals surface area (Å²) in [6.07, 6.45) is -1.17. The minimum Gasteiger partial charge on any atom is -0.497 e. The molecule has 0 fully saturated rings. The normalized spacial score (nSPS) is 11.3. The zero-order chi connectivity index (χ0) is 21.4. The number of carbonyl (C=O) groups excluding carboxylic acids is 2. The van der Waals surface area contributed by atoms with Crippen LogP contribution in [0.4, 0.5) is 17.1 Å². The van der Waals surface area contributed by atoms with Crippen LogP contribution in [0.3, 0.4) is 0 Å². The number of benzene rings is 2. The fourth-order valence-electron chi connectivity index (χ4n) is 2.38. The van der Waals surface area contributed by atoms with E-state index in [1.807, 2.05) is 0 Å². The summed E-state index contributed by atoms with van der Waals surface area (Å²) in [4.78, 5) is 35.2. The van der Waals surface area contributed by atoms with Crippen LogP contribution in [0.25, 0.3) is 0 Å². The zero-order valence-electron chi connectivity index (χ0n) is 15.9. The van der Waals surface area contributed by atoms with E-state index in [9.17, 15) is 19.7 Å². The highest BCUT2D eigenvalue weighted by atomic mass is 16.6. The molecule has 0 saturated heterocycles. The summed E-state index contributed by atoms with van der Waals surface area (Å²) >= 11 is 0. The van der Waals surface area contributed by atoms with E-state index in [1.54, 1.807) is 24.3 Å². The highest BCUT2D eigenvalue weighted by molar-refractivity contribution is 6.00. The van der Waals surface area contributed by atoms with E-state index >= 15 is 0 Å². The van der Waals surface area contributed by atoms with Crippen molar-refractivity contribution >= 4 is 28.9 Å². The van der Waals surface area contributed by atoms with Crippen molar-refractivity contribution < 1.29 is 29.1 Å². The minimum atomic E-state index is -1.17. The number of rotatable bonds is 9. The van der Waals surface area contributed by atoms with E-state index < -0.39 is 22.9 Å². The van der Waals surface area contributed by atoms with Gasteiger partial charge in [0.1, 0.15) is 5.75 Å². The molecule has 1 amide bonds. The smallest absolute Gasteiger partial charge is 0.341 e. The Labute approximate surface area is 166 Å². The number of nitrogens with one attached hydrogen (secondary N) is 2. The lowest BCUT2D eigenvalue weighted by Gasteiger charge is -2.16. The van der Waals surface area contributed by atoms with Gasteiger partial charge in [-0.25, -0.2) is 4.79 Å². The number of esters is 1. The van der Waals surface area contributed by atoms with Crippen LogP contribution in [0, 0.1) is 10.1 Å². The maximum absolute atomic E-state index is 12.5. The first-order chi connectivity index (χ1) is 13.8. The molecule has 10 heteroatoms. The van der Waals surface area contributed by atoms with E-state index in [0.29, 0.717) is 11.4 Å². The average molecular weight is 403 g/mol. The summed E-state index contributed by atoms with van der Waals surface area (Å²) in [5.74, 6) is -0.951. The molecule has 0 saturated carbocycles. The van der Waals surface area contributed by atoms with Crippen LogP contribution >= 0.6 is 0 Å². The first-order valence-electron chi connectivity index (χ1n) is 8.64. The monoisotopic (exact) mass is 403 g/mol. The molecule has 2 rings (SSSR count). The summed E-state index contributed by atoms with van der Waals surface area (Å²) < 4.78 is 10.3. The van der Waals surface area contributed by atoms with Gasteiger partial charge < -0.3 is 25.2 Å². The maximum Gasteiger partial charge on any atom is 0.341 e. The van der Waals surface area contributed by atoms with Gasteiger partial charge in [0.2, 0.25) is 0 Å². The van der Waals surface area contributed by atoms with Crippen LogP contribution in [0.2, 0.25) is 0 Å². The van der Waals surface area contributed by atoms with Gasteiger partial charge in [-0.05, 0) is 25.1 Å². The van der Waals surface area contributed by atoms with E-state index in [0.717, 1.165) is 6.07 Å². The third kappa shape index (κ3) is 5.91. The van der Waals surface area contributed by atoms with Crippen LogP contribution in [-0.2, 0) is 9.53 Å². The van der Waals surface area contributed by atoms with Crippen LogP contribution in [0.5, 0.6) is 5.75 Å². The first kappa shape index (κ1) is 21.6. The number of hydrogen-bond acceptors (Lipinski definition) is 8. The lowest BCUT2D eigenvalue weighted by Crippen LogP contribution is -2.30. The molecular formula is C19H21N3O7. The van der Waals surface area contributed by atoms with Crippen molar-refractivity contribution in [1.82, 2.24) is 0 Å². The molecule has 1 atom stereocenters. The number of non-ortho nitro benzene ring substituents is 1. The summed E-state index contributed by atoms with van der Waals surface area (Å²) in [6.45, 7) is 1.31. The molecule has 29 heavy (non-hydrogen) atoms. The van der Waals surface area contributed by atoms with E-state index in [1.165, 1.54) is 26.2 Å². The lowest BCUT2D eigenvalue weighted by atomic mass is 10.1. The average Bonchev–Trinajstić information content (AvgIpc) is 2.71. The van der Waals surface area contributed by atoms with Gasteiger partial charge >= 0.3 is 5.97 Å². The molecule has 154 valence electrons. The molecule has 2 aromatic carbocycles. The number of amides is 1. The van der Waals surface area contributed by atoms with Gasteiger partial charge in [-0.15, -0.1) is 0 Å². The number of nitrogens with zero attached hydrogens (tertiary/aromatic N) is 1. The number of aliphatic hydroxyl groups excluding tert-OH is 1. The third-order valence-electron chi connectivity index (χ3n) is 3.85. The molecule has 3 N–H and O–H groups in total. The fraction of sp³-hybridized carbons (Fsp3) is 0.263. The number of nitro groups is 1. The van der Waals surface area contributed by atoms with Crippen molar-refractivity contribution in [3.8, 4) is 5.75 Å². The summed E-state index contributed by atoms with van der Waals surface area (Å²) in [6, 6.07) is 10.3. The molecule has 2 aromatic rings. The Bertz CT molecular complexity index is 901. The van der Waals surface area contributed by atoms with E-state index in [2.05, 4.69) is 10.6 Å². The molecule has 10 nitrogen and oxygen atoms in total. The molecule has 0 aliphatic rings. The van der Waals surface area contributed by atoms with Crippen molar-refractivity contribution in [3.05, 3.63) is 58.1 Å². The van der Waals surface area contributed by atoms with Crippen LogP contribution in [-0.4, -0.2) is 48.3 Å². The Hall–Kier alpha value is -3.66. The molecule has 0 aromatic heterocycles. The van der Waals surface area contributed by atoms with Crippen molar-refractivity contribution in [2.24, 2.45) is 0 Å². The van der Waals surface area contributed by atoms with Gasteiger partial charge in [-0.1, -0.05) is 6.07 Å². The second-order valence-electron chi connectivity index (χ2n) is 5.91. The second-order valence-corrected chi connectivity index (χ2v) is 5.91. The molecule has 0 radical (unpaired) electrons. The van der Waals surface area contributed by atoms with Gasteiger partial charge in [-0.3, -0.25) is 14.9 Å². The van der Waals surface area contributed by atoms with Crippen LogP contribution in [0.15, 0.2) is 42.5 Å². The second kappa shape index (κ2) is 10.0. The Balaban J connectivity index is 2.13. The van der Waals surface area contributed by atoms with Gasteiger partial charge in [-0.2, -0.15) is 0 Å².